The fourth-order valence-corrected chi connectivity index (χ4v) is 4.42. The van der Waals surface area contributed by atoms with Crippen LogP contribution in [0.5, 0.6) is 23.0 Å². The molecule has 0 amide bonds. The van der Waals surface area contributed by atoms with E-state index in [1.165, 1.54) is 5.56 Å². The minimum absolute atomic E-state index is 0.250. The summed E-state index contributed by atoms with van der Waals surface area (Å²) in [6, 6.07) is 14.6. The molecule has 0 bridgehead atoms. The van der Waals surface area contributed by atoms with Gasteiger partial charge in [-0.1, -0.05) is 32.9 Å². The highest BCUT2D eigenvalue weighted by molar-refractivity contribution is 5.48. The van der Waals surface area contributed by atoms with Gasteiger partial charge in [0, 0.05) is 6.54 Å². The van der Waals surface area contributed by atoms with Gasteiger partial charge in [-0.05, 0) is 73.7 Å². The smallest absolute Gasteiger partial charge is 0.161 e. The Hall–Kier alpha value is -2.91. The van der Waals surface area contributed by atoms with E-state index in [1.54, 1.807) is 28.4 Å². The van der Waals surface area contributed by atoms with Crippen molar-refractivity contribution in [2.45, 2.75) is 45.4 Å². The molecule has 186 valence electrons. The number of benzene rings is 2. The lowest BCUT2D eigenvalue weighted by Crippen LogP contribution is -2.39. The number of methoxy groups -OCH3 is 4. The van der Waals surface area contributed by atoms with Crippen LogP contribution in [0.3, 0.4) is 0 Å². The maximum Gasteiger partial charge on any atom is 0.161 e. The molecule has 2 aromatic rings. The molecule has 0 saturated heterocycles. The van der Waals surface area contributed by atoms with E-state index in [9.17, 15) is 5.26 Å². The summed E-state index contributed by atoms with van der Waals surface area (Å²) in [5, 5.41) is 10.4. The number of likely N-dealkylation sites (N-methyl/N-ethyl adjacent to an activating group) is 1. The molecule has 1 atom stereocenters. The maximum atomic E-state index is 10.4. The molecule has 2 aromatic carbocycles. The zero-order valence-electron chi connectivity index (χ0n) is 22.0. The minimum atomic E-state index is -0.642. The first kappa shape index (κ1) is 27.3. The minimum Gasteiger partial charge on any atom is -0.493 e. The van der Waals surface area contributed by atoms with Crippen LogP contribution in [0.1, 0.15) is 44.7 Å². The summed E-state index contributed by atoms with van der Waals surface area (Å²) in [4.78, 5) is 2.32. The molecular weight excluding hydrogens is 428 g/mol. The van der Waals surface area contributed by atoms with E-state index in [1.807, 2.05) is 30.3 Å². The molecule has 6 heteroatoms. The third-order valence-electron chi connectivity index (χ3n) is 6.67. The first-order valence-corrected chi connectivity index (χ1v) is 11.7. The van der Waals surface area contributed by atoms with Crippen LogP contribution >= 0.6 is 0 Å². The van der Waals surface area contributed by atoms with Gasteiger partial charge in [-0.15, -0.1) is 0 Å². The lowest BCUT2D eigenvalue weighted by atomic mass is 9.61. The van der Waals surface area contributed by atoms with Crippen molar-refractivity contribution in [3.63, 3.8) is 0 Å². The Balaban J connectivity index is 2.08. The van der Waals surface area contributed by atoms with Crippen LogP contribution in [-0.4, -0.2) is 53.5 Å². The highest BCUT2D eigenvalue weighted by Gasteiger charge is 2.44. The van der Waals surface area contributed by atoms with Crippen LogP contribution in [0.25, 0.3) is 0 Å². The van der Waals surface area contributed by atoms with E-state index in [0.29, 0.717) is 11.5 Å². The maximum absolute atomic E-state index is 10.4. The van der Waals surface area contributed by atoms with Gasteiger partial charge in [0.2, 0.25) is 0 Å². The second kappa shape index (κ2) is 12.0. The normalized spacial score (nSPS) is 13.2. The Morgan fingerprint density at radius 2 is 1.35 bits per heavy atom. The number of hydrogen-bond donors (Lipinski definition) is 0. The average Bonchev–Trinajstić information content (AvgIpc) is 2.83. The Bertz CT molecular complexity index is 977. The molecule has 0 aromatic heterocycles. The van der Waals surface area contributed by atoms with Gasteiger partial charge in [0.05, 0.1) is 39.9 Å². The van der Waals surface area contributed by atoms with Crippen LogP contribution in [0.2, 0.25) is 0 Å². The monoisotopic (exact) mass is 468 g/mol. The van der Waals surface area contributed by atoms with Crippen molar-refractivity contribution in [3.8, 4) is 29.1 Å². The van der Waals surface area contributed by atoms with Gasteiger partial charge in [0.1, 0.15) is 0 Å². The summed E-state index contributed by atoms with van der Waals surface area (Å²) < 4.78 is 21.7. The number of hydrogen-bond acceptors (Lipinski definition) is 6. The molecule has 0 N–H and O–H groups in total. The average molecular weight is 469 g/mol. The second-order valence-corrected chi connectivity index (χ2v) is 9.68. The predicted octanol–water partition coefficient (Wildman–Crippen LogP) is 5.48. The van der Waals surface area contributed by atoms with Crippen LogP contribution in [0, 0.1) is 16.7 Å². The largest absolute Gasteiger partial charge is 0.493 e. The van der Waals surface area contributed by atoms with Gasteiger partial charge >= 0.3 is 0 Å². The summed E-state index contributed by atoms with van der Waals surface area (Å²) in [5.41, 5.74) is 1.28. The van der Waals surface area contributed by atoms with Crippen molar-refractivity contribution in [1.29, 1.82) is 5.26 Å². The molecule has 0 aliphatic carbocycles. The molecule has 1 unspecified atom stereocenters. The van der Waals surface area contributed by atoms with Gasteiger partial charge in [0.15, 0.2) is 23.0 Å². The first-order valence-electron chi connectivity index (χ1n) is 11.7. The summed E-state index contributed by atoms with van der Waals surface area (Å²) in [7, 11) is 8.67. The van der Waals surface area contributed by atoms with Crippen molar-refractivity contribution in [3.05, 3.63) is 47.5 Å². The fourth-order valence-electron chi connectivity index (χ4n) is 4.42. The lowest BCUT2D eigenvalue weighted by molar-refractivity contribution is 0.213. The van der Waals surface area contributed by atoms with Crippen LogP contribution < -0.4 is 18.9 Å². The van der Waals surface area contributed by atoms with E-state index in [2.05, 4.69) is 44.9 Å². The van der Waals surface area contributed by atoms with E-state index in [4.69, 9.17) is 18.9 Å². The van der Waals surface area contributed by atoms with Crippen molar-refractivity contribution in [2.24, 2.45) is 5.41 Å². The summed E-state index contributed by atoms with van der Waals surface area (Å²) in [6.45, 7) is 8.22. The second-order valence-electron chi connectivity index (χ2n) is 9.68. The predicted molar refractivity (Wildman–Crippen MR) is 136 cm³/mol. The van der Waals surface area contributed by atoms with Gasteiger partial charge in [0.25, 0.3) is 0 Å². The SMILES string of the molecule is COc1ccc(CCN(C)CCCC(C#N)(c2ccc(OC)c(OC)c2)C(C)(C)C)cc1OC. The van der Waals surface area contributed by atoms with Gasteiger partial charge in [-0.2, -0.15) is 5.26 Å². The standard InChI is InChI=1S/C28H40N2O4/c1-27(2,3)28(20-29,22-11-13-24(32-6)26(19-22)34-8)15-9-16-30(4)17-14-21-10-12-23(31-5)25(18-21)33-7/h10-13,18-19H,9,14-17H2,1-8H3. The third-order valence-corrected chi connectivity index (χ3v) is 6.67. The molecule has 0 aliphatic rings. The van der Waals surface area contributed by atoms with Crippen LogP contribution in [0.15, 0.2) is 36.4 Å². The Kier molecular flexibility index (Phi) is 9.64. The zero-order valence-corrected chi connectivity index (χ0v) is 22.0. The topological polar surface area (TPSA) is 64.0 Å². The summed E-state index contributed by atoms with van der Waals surface area (Å²) in [5.74, 6) is 2.81. The lowest BCUT2D eigenvalue weighted by Gasteiger charge is -2.40. The van der Waals surface area contributed by atoms with Crippen LogP contribution in [0.4, 0.5) is 0 Å². The molecule has 0 spiro atoms. The van der Waals surface area contributed by atoms with E-state index in [-0.39, 0.29) is 5.41 Å². The molecular formula is C28H40N2O4. The zero-order chi connectivity index (χ0) is 25.4. The van der Waals surface area contributed by atoms with E-state index in [0.717, 1.165) is 49.4 Å². The van der Waals surface area contributed by atoms with Crippen molar-refractivity contribution >= 4 is 0 Å². The van der Waals surface area contributed by atoms with E-state index < -0.39 is 5.41 Å². The Morgan fingerprint density at radius 1 is 0.794 bits per heavy atom. The molecule has 0 heterocycles. The van der Waals surface area contributed by atoms with Crippen molar-refractivity contribution in [2.75, 3.05) is 48.6 Å². The van der Waals surface area contributed by atoms with Gasteiger partial charge in [-0.3, -0.25) is 0 Å². The molecule has 2 rings (SSSR count). The molecule has 0 saturated carbocycles. The summed E-state index contributed by atoms with van der Waals surface area (Å²) >= 11 is 0. The fraction of sp³-hybridized carbons (Fsp3) is 0.536. The van der Waals surface area contributed by atoms with Gasteiger partial charge in [-0.25, -0.2) is 0 Å². The van der Waals surface area contributed by atoms with Crippen LogP contribution in [-0.2, 0) is 11.8 Å². The quantitative estimate of drug-likeness (QED) is 0.411. The number of nitriles is 1. The van der Waals surface area contributed by atoms with E-state index >= 15 is 0 Å². The molecule has 0 fully saturated rings. The number of nitrogens with zero attached hydrogens (tertiary/aromatic N) is 2. The highest BCUT2D eigenvalue weighted by Crippen LogP contribution is 2.46. The Morgan fingerprint density at radius 3 is 1.88 bits per heavy atom. The first-order chi connectivity index (χ1) is 16.1. The third kappa shape index (κ3) is 6.15. The number of ether oxygens (including phenoxy) is 4. The molecule has 0 aliphatic heterocycles. The van der Waals surface area contributed by atoms with Crippen molar-refractivity contribution < 1.29 is 18.9 Å². The summed E-state index contributed by atoms with van der Waals surface area (Å²) in [6.07, 6.45) is 2.57. The Labute approximate surface area is 205 Å². The molecule has 34 heavy (non-hydrogen) atoms. The number of rotatable bonds is 12. The highest BCUT2D eigenvalue weighted by atomic mass is 16.5. The molecule has 6 nitrogen and oxygen atoms in total. The van der Waals surface area contributed by atoms with Crippen molar-refractivity contribution in [1.82, 2.24) is 4.90 Å². The van der Waals surface area contributed by atoms with Gasteiger partial charge < -0.3 is 23.8 Å². The molecule has 0 radical (unpaired) electrons.